The fraction of sp³-hybridized carbons (Fsp3) is 0.556. The van der Waals surface area contributed by atoms with Crippen LogP contribution in [0.2, 0.25) is 0 Å². The summed E-state index contributed by atoms with van der Waals surface area (Å²) in [5.74, 6) is 1.76. The molecule has 24 heavy (non-hydrogen) atoms. The smallest absolute Gasteiger partial charge is 0.315 e. The molecule has 1 aliphatic rings. The number of fused-ring (bicyclic) bond motifs is 1. The van der Waals surface area contributed by atoms with Crippen LogP contribution in [0.1, 0.15) is 37.9 Å². The normalized spacial score (nSPS) is 15.4. The number of nitrogens with zero attached hydrogens (tertiary/aromatic N) is 2. The van der Waals surface area contributed by atoms with Gasteiger partial charge in [0.2, 0.25) is 0 Å². The van der Waals surface area contributed by atoms with E-state index in [2.05, 4.69) is 20.2 Å². The van der Waals surface area contributed by atoms with Crippen molar-refractivity contribution < 1.29 is 9.53 Å². The van der Waals surface area contributed by atoms with Gasteiger partial charge in [-0.3, -0.25) is 0 Å². The van der Waals surface area contributed by atoms with Crippen LogP contribution in [-0.2, 0) is 13.5 Å². The van der Waals surface area contributed by atoms with Gasteiger partial charge < -0.3 is 19.9 Å². The Hall–Kier alpha value is -2.24. The minimum Gasteiger partial charge on any atom is -0.497 e. The summed E-state index contributed by atoms with van der Waals surface area (Å²) >= 11 is 0. The molecule has 6 nitrogen and oxygen atoms in total. The Morgan fingerprint density at radius 1 is 1.33 bits per heavy atom. The van der Waals surface area contributed by atoms with E-state index >= 15 is 0 Å². The molecule has 0 atom stereocenters. The standard InChI is InChI=1S/C18H26N4O2/c1-22-16-9-8-14(24-2)12-15(16)21-17(22)10-11-19-18(23)20-13-6-4-3-5-7-13/h8-9,12-13H,3-7,10-11H2,1-2H3,(H2,19,20,23). The highest BCUT2D eigenvalue weighted by Gasteiger charge is 2.15. The number of nitrogens with one attached hydrogen (secondary N) is 2. The zero-order valence-corrected chi connectivity index (χ0v) is 14.5. The number of urea groups is 1. The summed E-state index contributed by atoms with van der Waals surface area (Å²) in [4.78, 5) is 16.6. The van der Waals surface area contributed by atoms with Gasteiger partial charge in [-0.05, 0) is 25.0 Å². The summed E-state index contributed by atoms with van der Waals surface area (Å²) in [5, 5.41) is 6.01. The predicted octanol–water partition coefficient (Wildman–Crippen LogP) is 2.76. The van der Waals surface area contributed by atoms with E-state index in [-0.39, 0.29) is 6.03 Å². The molecule has 0 bridgehead atoms. The first kappa shape index (κ1) is 16.6. The molecular weight excluding hydrogens is 304 g/mol. The highest BCUT2D eigenvalue weighted by molar-refractivity contribution is 5.78. The molecule has 0 spiro atoms. The topological polar surface area (TPSA) is 68.2 Å². The monoisotopic (exact) mass is 330 g/mol. The van der Waals surface area contributed by atoms with E-state index in [9.17, 15) is 4.79 Å². The Bertz CT molecular complexity index is 704. The molecule has 0 unspecified atom stereocenters. The molecule has 0 radical (unpaired) electrons. The Balaban J connectivity index is 1.53. The summed E-state index contributed by atoms with van der Waals surface area (Å²) in [6.45, 7) is 0.576. The third kappa shape index (κ3) is 3.80. The molecule has 2 N–H and O–H groups in total. The summed E-state index contributed by atoms with van der Waals surface area (Å²) in [5.41, 5.74) is 1.98. The predicted molar refractivity (Wildman–Crippen MR) is 94.4 cm³/mol. The van der Waals surface area contributed by atoms with Gasteiger partial charge in [-0.2, -0.15) is 0 Å². The number of aryl methyl sites for hydroxylation is 1. The number of carbonyl (C=O) groups is 1. The largest absolute Gasteiger partial charge is 0.497 e. The van der Waals surface area contributed by atoms with E-state index in [4.69, 9.17) is 4.74 Å². The molecule has 1 aromatic heterocycles. The van der Waals surface area contributed by atoms with Crippen molar-refractivity contribution in [3.05, 3.63) is 24.0 Å². The lowest BCUT2D eigenvalue weighted by Gasteiger charge is -2.22. The van der Waals surface area contributed by atoms with Crippen molar-refractivity contribution >= 4 is 17.1 Å². The minimum absolute atomic E-state index is 0.0673. The van der Waals surface area contributed by atoms with Crippen LogP contribution in [0.25, 0.3) is 11.0 Å². The molecule has 1 fully saturated rings. The van der Waals surface area contributed by atoms with Gasteiger partial charge in [0, 0.05) is 32.1 Å². The molecule has 3 rings (SSSR count). The zero-order valence-electron chi connectivity index (χ0n) is 14.5. The quantitative estimate of drug-likeness (QED) is 0.886. The van der Waals surface area contributed by atoms with E-state index in [1.807, 2.05) is 25.2 Å². The van der Waals surface area contributed by atoms with Crippen molar-refractivity contribution in [3.63, 3.8) is 0 Å². The first-order valence-corrected chi connectivity index (χ1v) is 8.71. The van der Waals surface area contributed by atoms with Crippen molar-refractivity contribution in [1.29, 1.82) is 0 Å². The number of hydrogen-bond donors (Lipinski definition) is 2. The van der Waals surface area contributed by atoms with E-state index in [1.54, 1.807) is 7.11 Å². The van der Waals surface area contributed by atoms with Crippen LogP contribution in [0.3, 0.4) is 0 Å². The van der Waals surface area contributed by atoms with Crippen molar-refractivity contribution in [1.82, 2.24) is 20.2 Å². The molecule has 2 aromatic rings. The van der Waals surface area contributed by atoms with Gasteiger partial charge in [-0.15, -0.1) is 0 Å². The molecule has 1 aliphatic carbocycles. The lowest BCUT2D eigenvalue weighted by Crippen LogP contribution is -2.43. The molecule has 0 aliphatic heterocycles. The summed E-state index contributed by atoms with van der Waals surface area (Å²) in [6, 6.07) is 6.14. The van der Waals surface area contributed by atoms with Crippen LogP contribution in [0.5, 0.6) is 5.75 Å². The maximum absolute atomic E-state index is 12.0. The third-order valence-corrected chi connectivity index (χ3v) is 4.76. The van der Waals surface area contributed by atoms with Gasteiger partial charge in [0.25, 0.3) is 0 Å². The maximum atomic E-state index is 12.0. The Morgan fingerprint density at radius 2 is 2.12 bits per heavy atom. The van der Waals surface area contributed by atoms with Crippen LogP contribution in [0, 0.1) is 0 Å². The molecule has 1 saturated carbocycles. The van der Waals surface area contributed by atoms with Crippen molar-refractivity contribution in [2.24, 2.45) is 7.05 Å². The number of ether oxygens (including phenoxy) is 1. The lowest BCUT2D eigenvalue weighted by molar-refractivity contribution is 0.232. The number of imidazole rings is 1. The highest BCUT2D eigenvalue weighted by atomic mass is 16.5. The van der Waals surface area contributed by atoms with Gasteiger partial charge in [0.05, 0.1) is 18.1 Å². The SMILES string of the molecule is COc1ccc2c(c1)nc(CCNC(=O)NC1CCCCC1)n2C. The van der Waals surface area contributed by atoms with Crippen molar-refractivity contribution in [2.45, 2.75) is 44.6 Å². The summed E-state index contributed by atoms with van der Waals surface area (Å²) < 4.78 is 7.31. The number of amides is 2. The molecular formula is C18H26N4O2. The fourth-order valence-electron chi connectivity index (χ4n) is 3.35. The van der Waals surface area contributed by atoms with E-state index in [0.29, 0.717) is 19.0 Å². The number of benzene rings is 1. The molecule has 6 heteroatoms. The number of aromatic nitrogens is 2. The van der Waals surface area contributed by atoms with Gasteiger partial charge in [-0.25, -0.2) is 9.78 Å². The van der Waals surface area contributed by atoms with Crippen LogP contribution < -0.4 is 15.4 Å². The van der Waals surface area contributed by atoms with Crippen molar-refractivity contribution in [2.75, 3.05) is 13.7 Å². The van der Waals surface area contributed by atoms with Crippen LogP contribution in [-0.4, -0.2) is 35.3 Å². The van der Waals surface area contributed by atoms with E-state index in [0.717, 1.165) is 35.4 Å². The second-order valence-electron chi connectivity index (χ2n) is 6.43. The highest BCUT2D eigenvalue weighted by Crippen LogP contribution is 2.21. The average molecular weight is 330 g/mol. The van der Waals surface area contributed by atoms with Crippen LogP contribution in [0.4, 0.5) is 4.79 Å². The van der Waals surface area contributed by atoms with Gasteiger partial charge in [0.1, 0.15) is 11.6 Å². The van der Waals surface area contributed by atoms with Gasteiger partial charge in [-0.1, -0.05) is 19.3 Å². The first-order chi connectivity index (χ1) is 11.7. The molecule has 130 valence electrons. The second-order valence-corrected chi connectivity index (χ2v) is 6.43. The Kier molecular flexibility index (Phi) is 5.23. The van der Waals surface area contributed by atoms with Gasteiger partial charge >= 0.3 is 6.03 Å². The number of hydrogen-bond acceptors (Lipinski definition) is 3. The number of carbonyl (C=O) groups excluding carboxylic acids is 1. The Morgan fingerprint density at radius 3 is 2.88 bits per heavy atom. The fourth-order valence-corrected chi connectivity index (χ4v) is 3.35. The minimum atomic E-state index is -0.0673. The van der Waals surface area contributed by atoms with Crippen LogP contribution >= 0.6 is 0 Å². The summed E-state index contributed by atoms with van der Waals surface area (Å²) in [7, 11) is 3.65. The first-order valence-electron chi connectivity index (χ1n) is 8.71. The maximum Gasteiger partial charge on any atom is 0.315 e. The van der Waals surface area contributed by atoms with Crippen molar-refractivity contribution in [3.8, 4) is 5.75 Å². The zero-order chi connectivity index (χ0) is 16.9. The molecule has 1 aromatic carbocycles. The van der Waals surface area contributed by atoms with E-state index in [1.165, 1.54) is 19.3 Å². The molecule has 2 amide bonds. The average Bonchev–Trinajstić information content (AvgIpc) is 2.91. The third-order valence-electron chi connectivity index (χ3n) is 4.76. The second kappa shape index (κ2) is 7.55. The molecule has 0 saturated heterocycles. The summed E-state index contributed by atoms with van der Waals surface area (Å²) in [6.07, 6.45) is 6.62. The van der Waals surface area contributed by atoms with E-state index < -0.39 is 0 Å². The molecule has 1 heterocycles. The van der Waals surface area contributed by atoms with Crippen LogP contribution in [0.15, 0.2) is 18.2 Å². The Labute approximate surface area is 142 Å². The lowest BCUT2D eigenvalue weighted by atomic mass is 9.96. The van der Waals surface area contributed by atoms with Gasteiger partial charge in [0.15, 0.2) is 0 Å². The number of methoxy groups -OCH3 is 1. The number of rotatable bonds is 5.